The molecular weight excluding hydrogens is 180 g/mol. The van der Waals surface area contributed by atoms with Gasteiger partial charge in [-0.15, -0.1) is 0 Å². The van der Waals surface area contributed by atoms with Gasteiger partial charge in [-0.1, -0.05) is 0 Å². The summed E-state index contributed by atoms with van der Waals surface area (Å²) in [5.41, 5.74) is 1.00. The van der Waals surface area contributed by atoms with Crippen molar-refractivity contribution in [3.8, 4) is 11.5 Å². The molecule has 0 aromatic heterocycles. The van der Waals surface area contributed by atoms with Crippen LogP contribution < -0.4 is 9.47 Å². The quantitative estimate of drug-likeness (QED) is 0.742. The molecule has 3 heteroatoms. The molecule has 2 rings (SSSR count). The van der Waals surface area contributed by atoms with E-state index in [-0.39, 0.29) is 6.79 Å². The van der Waals surface area contributed by atoms with Crippen LogP contribution in [0.4, 0.5) is 0 Å². The average Bonchev–Trinajstić information content (AvgIpc) is 2.50. The molecule has 0 spiro atoms. The zero-order valence-electron chi connectivity index (χ0n) is 8.63. The maximum Gasteiger partial charge on any atom is 0.231 e. The van der Waals surface area contributed by atoms with Crippen molar-refractivity contribution in [1.82, 2.24) is 0 Å². The van der Waals surface area contributed by atoms with Gasteiger partial charge in [0.1, 0.15) is 0 Å². The fourth-order valence-electron chi connectivity index (χ4n) is 1.54. The SMILES string of the molecule is Cc1cc(C(C)(C)O)cc2c1OCO2. The van der Waals surface area contributed by atoms with Gasteiger partial charge in [-0.3, -0.25) is 0 Å². The van der Waals surface area contributed by atoms with E-state index in [1.165, 1.54) is 0 Å². The van der Waals surface area contributed by atoms with Crippen LogP contribution in [0.1, 0.15) is 25.0 Å². The van der Waals surface area contributed by atoms with E-state index >= 15 is 0 Å². The maximum absolute atomic E-state index is 9.85. The number of hydrogen-bond acceptors (Lipinski definition) is 3. The first-order chi connectivity index (χ1) is 6.48. The van der Waals surface area contributed by atoms with Gasteiger partial charge in [0.2, 0.25) is 6.79 Å². The molecule has 14 heavy (non-hydrogen) atoms. The first kappa shape index (κ1) is 9.34. The first-order valence-corrected chi connectivity index (χ1v) is 4.61. The van der Waals surface area contributed by atoms with Crippen LogP contribution in [0.3, 0.4) is 0 Å². The van der Waals surface area contributed by atoms with Crippen molar-refractivity contribution in [1.29, 1.82) is 0 Å². The number of benzene rings is 1. The Morgan fingerprint density at radius 1 is 1.29 bits per heavy atom. The van der Waals surface area contributed by atoms with E-state index in [9.17, 15) is 5.11 Å². The van der Waals surface area contributed by atoms with Gasteiger partial charge in [-0.2, -0.15) is 0 Å². The van der Waals surface area contributed by atoms with Crippen LogP contribution in [0.5, 0.6) is 11.5 Å². The summed E-state index contributed by atoms with van der Waals surface area (Å²) in [4.78, 5) is 0. The van der Waals surface area contributed by atoms with E-state index in [4.69, 9.17) is 9.47 Å². The van der Waals surface area contributed by atoms with Crippen LogP contribution in [0.25, 0.3) is 0 Å². The number of hydrogen-bond donors (Lipinski definition) is 1. The van der Waals surface area contributed by atoms with Crippen LogP contribution in [0.2, 0.25) is 0 Å². The van der Waals surface area contributed by atoms with Crippen molar-refractivity contribution in [3.05, 3.63) is 23.3 Å². The van der Waals surface area contributed by atoms with Crippen LogP contribution in [-0.2, 0) is 5.60 Å². The third-order valence-corrected chi connectivity index (χ3v) is 2.36. The Hall–Kier alpha value is -1.22. The fraction of sp³-hybridized carbons (Fsp3) is 0.455. The topological polar surface area (TPSA) is 38.7 Å². The van der Waals surface area contributed by atoms with Gasteiger partial charge in [0.25, 0.3) is 0 Å². The molecule has 0 bridgehead atoms. The summed E-state index contributed by atoms with van der Waals surface area (Å²) in [6, 6.07) is 3.75. The van der Waals surface area contributed by atoms with E-state index in [0.717, 1.165) is 22.6 Å². The second-order valence-electron chi connectivity index (χ2n) is 4.09. The van der Waals surface area contributed by atoms with Crippen LogP contribution in [0, 0.1) is 6.92 Å². The van der Waals surface area contributed by atoms with E-state index in [1.54, 1.807) is 13.8 Å². The minimum absolute atomic E-state index is 0.269. The summed E-state index contributed by atoms with van der Waals surface area (Å²) >= 11 is 0. The lowest BCUT2D eigenvalue weighted by molar-refractivity contribution is 0.0782. The van der Waals surface area contributed by atoms with Crippen LogP contribution in [0.15, 0.2) is 12.1 Å². The van der Waals surface area contributed by atoms with Crippen molar-refractivity contribution in [3.63, 3.8) is 0 Å². The predicted octanol–water partition coefficient (Wildman–Crippen LogP) is 1.95. The standard InChI is InChI=1S/C11H14O3/c1-7-4-8(11(2,3)12)5-9-10(7)14-6-13-9/h4-5,12H,6H2,1-3H3. The Kier molecular flexibility index (Phi) is 1.93. The Morgan fingerprint density at radius 3 is 2.64 bits per heavy atom. The molecule has 0 saturated heterocycles. The number of aliphatic hydroxyl groups is 1. The van der Waals surface area contributed by atoms with Gasteiger partial charge >= 0.3 is 0 Å². The lowest BCUT2D eigenvalue weighted by Gasteiger charge is -2.18. The van der Waals surface area contributed by atoms with E-state index in [2.05, 4.69) is 0 Å². The van der Waals surface area contributed by atoms with Crippen molar-refractivity contribution < 1.29 is 14.6 Å². The zero-order chi connectivity index (χ0) is 10.3. The third-order valence-electron chi connectivity index (χ3n) is 2.36. The molecule has 3 nitrogen and oxygen atoms in total. The Morgan fingerprint density at radius 2 is 2.00 bits per heavy atom. The van der Waals surface area contributed by atoms with E-state index < -0.39 is 5.60 Å². The van der Waals surface area contributed by atoms with E-state index in [0.29, 0.717) is 0 Å². The largest absolute Gasteiger partial charge is 0.454 e. The summed E-state index contributed by atoms with van der Waals surface area (Å²) in [6.07, 6.45) is 0. The third kappa shape index (κ3) is 1.44. The number of ether oxygens (including phenoxy) is 2. The Balaban J connectivity index is 2.52. The summed E-state index contributed by atoms with van der Waals surface area (Å²) in [7, 11) is 0. The highest BCUT2D eigenvalue weighted by atomic mass is 16.7. The second kappa shape index (κ2) is 2.89. The monoisotopic (exact) mass is 194 g/mol. The van der Waals surface area contributed by atoms with Crippen molar-refractivity contribution in [2.45, 2.75) is 26.4 Å². The van der Waals surface area contributed by atoms with Gasteiger partial charge in [0, 0.05) is 0 Å². The smallest absolute Gasteiger partial charge is 0.231 e. The molecule has 76 valence electrons. The van der Waals surface area contributed by atoms with E-state index in [1.807, 2.05) is 19.1 Å². The molecule has 1 aliphatic heterocycles. The molecule has 1 heterocycles. The zero-order valence-corrected chi connectivity index (χ0v) is 8.63. The highest BCUT2D eigenvalue weighted by molar-refractivity contribution is 5.51. The number of fused-ring (bicyclic) bond motifs is 1. The maximum atomic E-state index is 9.85. The van der Waals surface area contributed by atoms with Crippen molar-refractivity contribution in [2.24, 2.45) is 0 Å². The highest BCUT2D eigenvalue weighted by Crippen LogP contribution is 2.38. The summed E-state index contributed by atoms with van der Waals surface area (Å²) in [5.74, 6) is 1.51. The molecule has 0 unspecified atom stereocenters. The molecule has 0 aliphatic carbocycles. The van der Waals surface area contributed by atoms with Crippen LogP contribution in [-0.4, -0.2) is 11.9 Å². The number of aryl methyl sites for hydroxylation is 1. The molecule has 0 fully saturated rings. The molecule has 1 N–H and O–H groups in total. The molecule has 0 amide bonds. The summed E-state index contributed by atoms with van der Waals surface area (Å²) in [5, 5.41) is 9.85. The number of rotatable bonds is 1. The lowest BCUT2D eigenvalue weighted by Crippen LogP contribution is -2.15. The minimum atomic E-state index is -0.842. The lowest BCUT2D eigenvalue weighted by atomic mass is 9.96. The normalized spacial score (nSPS) is 14.6. The van der Waals surface area contributed by atoms with Gasteiger partial charge in [-0.05, 0) is 44.0 Å². The van der Waals surface area contributed by atoms with Gasteiger partial charge in [0.05, 0.1) is 5.60 Å². The van der Waals surface area contributed by atoms with Gasteiger partial charge < -0.3 is 14.6 Å². The van der Waals surface area contributed by atoms with Crippen LogP contribution >= 0.6 is 0 Å². The minimum Gasteiger partial charge on any atom is -0.454 e. The van der Waals surface area contributed by atoms with Crippen molar-refractivity contribution >= 4 is 0 Å². The average molecular weight is 194 g/mol. The van der Waals surface area contributed by atoms with Gasteiger partial charge in [-0.25, -0.2) is 0 Å². The molecule has 1 aliphatic rings. The Bertz CT molecular complexity index is 364. The highest BCUT2D eigenvalue weighted by Gasteiger charge is 2.23. The van der Waals surface area contributed by atoms with Crippen molar-refractivity contribution in [2.75, 3.05) is 6.79 Å². The summed E-state index contributed by atoms with van der Waals surface area (Å²) in [6.45, 7) is 5.72. The van der Waals surface area contributed by atoms with Gasteiger partial charge in [0.15, 0.2) is 11.5 Å². The molecule has 1 aromatic rings. The molecule has 1 aromatic carbocycles. The summed E-state index contributed by atoms with van der Waals surface area (Å²) < 4.78 is 10.6. The second-order valence-corrected chi connectivity index (χ2v) is 4.09. The molecule has 0 atom stereocenters. The predicted molar refractivity (Wildman–Crippen MR) is 52.5 cm³/mol. The molecule has 0 radical (unpaired) electrons. The fourth-order valence-corrected chi connectivity index (χ4v) is 1.54. The Labute approximate surface area is 83.3 Å². The molecule has 0 saturated carbocycles. The molecular formula is C11H14O3. The first-order valence-electron chi connectivity index (χ1n) is 4.61.